The molecule has 10 nitrogen and oxygen atoms in total. The van der Waals surface area contributed by atoms with E-state index in [4.69, 9.17) is 0 Å². The number of hydrogen-bond donors (Lipinski definition) is 3. The highest BCUT2D eigenvalue weighted by atomic mass is 32.2. The lowest BCUT2D eigenvalue weighted by atomic mass is 10.0. The van der Waals surface area contributed by atoms with Crippen LogP contribution in [0.5, 0.6) is 0 Å². The first-order valence-electron chi connectivity index (χ1n) is 8.33. The van der Waals surface area contributed by atoms with Gasteiger partial charge in [-0.05, 0) is 17.7 Å². The van der Waals surface area contributed by atoms with Crippen molar-refractivity contribution in [3.63, 3.8) is 0 Å². The van der Waals surface area contributed by atoms with E-state index in [9.17, 15) is 32.7 Å². The molecule has 3 heterocycles. The molecule has 0 saturated carbocycles. The van der Waals surface area contributed by atoms with Crippen LogP contribution in [-0.2, 0) is 14.4 Å². The number of rotatable bonds is 9. The fourth-order valence-corrected chi connectivity index (χ4v) is 5.73. The van der Waals surface area contributed by atoms with Crippen molar-refractivity contribution in [1.82, 2.24) is 30.8 Å². The van der Waals surface area contributed by atoms with E-state index in [-0.39, 0.29) is 28.5 Å². The number of amides is 2. The number of alkyl halides is 3. The van der Waals surface area contributed by atoms with Crippen LogP contribution in [0.25, 0.3) is 0 Å². The molecule has 0 radical (unpaired) electrons. The number of H-pyrrole nitrogens is 1. The second-order valence-corrected chi connectivity index (χ2v) is 9.74. The SMILES string of the molecule is CC(Sc1nn[nH]n1)C1=C(C(=O)O)N2C(=O)C(NC(=O)CSC(F)(F)CF)[C@@H]2SC1. The number of nitrogens with zero attached hydrogens (tertiary/aromatic N) is 4. The Morgan fingerprint density at radius 3 is 2.83 bits per heavy atom. The van der Waals surface area contributed by atoms with E-state index in [2.05, 4.69) is 25.9 Å². The van der Waals surface area contributed by atoms with Gasteiger partial charge in [-0.2, -0.15) is 14.0 Å². The lowest BCUT2D eigenvalue weighted by Crippen LogP contribution is -2.70. The van der Waals surface area contributed by atoms with E-state index >= 15 is 0 Å². The van der Waals surface area contributed by atoms with Gasteiger partial charge < -0.3 is 10.4 Å². The van der Waals surface area contributed by atoms with Crippen molar-refractivity contribution in [2.75, 3.05) is 18.2 Å². The summed E-state index contributed by atoms with van der Waals surface area (Å²) in [6.45, 7) is -0.166. The maximum absolute atomic E-state index is 12.9. The lowest BCUT2D eigenvalue weighted by Gasteiger charge is -2.50. The number of carbonyl (C=O) groups excluding carboxylic acids is 2. The third kappa shape index (κ3) is 4.69. The number of nitrogens with one attached hydrogen (secondary N) is 2. The van der Waals surface area contributed by atoms with Gasteiger partial charge in [0.15, 0.2) is 6.67 Å². The number of tetrazole rings is 1. The van der Waals surface area contributed by atoms with Gasteiger partial charge >= 0.3 is 11.2 Å². The average molecular weight is 485 g/mol. The molecule has 2 amide bonds. The maximum atomic E-state index is 12.9. The Balaban J connectivity index is 1.69. The van der Waals surface area contributed by atoms with Gasteiger partial charge in [-0.1, -0.05) is 23.5 Å². The van der Waals surface area contributed by atoms with Gasteiger partial charge in [-0.25, -0.2) is 9.18 Å². The van der Waals surface area contributed by atoms with E-state index < -0.39 is 46.9 Å². The van der Waals surface area contributed by atoms with E-state index in [0.29, 0.717) is 10.7 Å². The first-order valence-corrected chi connectivity index (χ1v) is 11.2. The average Bonchev–Trinajstić information content (AvgIpc) is 3.22. The van der Waals surface area contributed by atoms with Gasteiger partial charge in [-0.15, -0.1) is 22.0 Å². The molecule has 0 spiro atoms. The molecule has 3 N–H and O–H groups in total. The molecule has 1 saturated heterocycles. The summed E-state index contributed by atoms with van der Waals surface area (Å²) < 4.78 is 38.0. The molecule has 16 heteroatoms. The number of carboxylic acids is 1. The molecular formula is C14H15F3N6O4S3. The summed E-state index contributed by atoms with van der Waals surface area (Å²) in [4.78, 5) is 37.3. The zero-order valence-electron chi connectivity index (χ0n) is 15.2. The van der Waals surface area contributed by atoms with Crippen LogP contribution in [0, 0.1) is 0 Å². The number of β-lactam (4-membered cyclic amide) rings is 1. The van der Waals surface area contributed by atoms with Crippen LogP contribution in [0.4, 0.5) is 13.2 Å². The molecular weight excluding hydrogens is 469 g/mol. The molecule has 1 aromatic heterocycles. The van der Waals surface area contributed by atoms with Crippen LogP contribution >= 0.6 is 35.3 Å². The van der Waals surface area contributed by atoms with Crippen molar-refractivity contribution in [3.8, 4) is 0 Å². The minimum absolute atomic E-state index is 0.172. The number of carboxylic acid groups (broad SMARTS) is 1. The second kappa shape index (κ2) is 9.05. The Bertz CT molecular complexity index is 871. The van der Waals surface area contributed by atoms with Crippen molar-refractivity contribution < 1.29 is 32.7 Å². The Hall–Kier alpha value is -1.94. The molecule has 3 rings (SSSR count). The summed E-state index contributed by atoms with van der Waals surface area (Å²) in [5.41, 5.74) is 0.297. The highest BCUT2D eigenvalue weighted by Gasteiger charge is 2.54. The van der Waals surface area contributed by atoms with Crippen molar-refractivity contribution in [2.24, 2.45) is 0 Å². The predicted octanol–water partition coefficient (Wildman–Crippen LogP) is 0.714. The molecule has 0 aromatic carbocycles. The standard InChI is InChI=1S/C14H15F3N6O4S3/c1-5(30-13-19-21-22-20-13)6-2-28-11-8(10(25)23(11)9(6)12(26)27)18-7(24)3-29-14(16,17)4-15/h5,8,11H,2-4H2,1H3,(H,18,24)(H,26,27)(H,19,20,21,22)/t5?,8?,11-/m0/s1. The first-order chi connectivity index (χ1) is 14.1. The minimum Gasteiger partial charge on any atom is -0.477 e. The van der Waals surface area contributed by atoms with Gasteiger partial charge in [0.2, 0.25) is 11.1 Å². The summed E-state index contributed by atoms with van der Waals surface area (Å²) in [5, 5.41) is 20.9. The maximum Gasteiger partial charge on any atom is 0.352 e. The van der Waals surface area contributed by atoms with E-state index in [1.54, 1.807) is 6.92 Å². The highest BCUT2D eigenvalue weighted by molar-refractivity contribution is 8.01. The van der Waals surface area contributed by atoms with Crippen LogP contribution in [0.3, 0.4) is 0 Å². The Morgan fingerprint density at radius 1 is 1.50 bits per heavy atom. The molecule has 0 bridgehead atoms. The molecule has 164 valence electrons. The van der Waals surface area contributed by atoms with Crippen molar-refractivity contribution >= 4 is 53.1 Å². The fourth-order valence-electron chi connectivity index (χ4n) is 2.81. The number of hydrogen-bond acceptors (Lipinski definition) is 9. The monoisotopic (exact) mass is 484 g/mol. The molecule has 1 fully saturated rings. The number of carbonyl (C=O) groups is 3. The minimum atomic E-state index is -3.69. The zero-order chi connectivity index (χ0) is 22.1. The third-order valence-electron chi connectivity index (χ3n) is 4.19. The van der Waals surface area contributed by atoms with Gasteiger partial charge in [0.1, 0.15) is 17.1 Å². The number of thioether (sulfide) groups is 3. The van der Waals surface area contributed by atoms with Crippen LogP contribution in [0.2, 0.25) is 0 Å². The Morgan fingerprint density at radius 2 is 2.23 bits per heavy atom. The molecule has 2 aliphatic rings. The molecule has 0 aliphatic carbocycles. The quantitative estimate of drug-likeness (QED) is 0.339. The molecule has 2 aliphatic heterocycles. The van der Waals surface area contributed by atoms with Gasteiger partial charge in [0, 0.05) is 11.0 Å². The predicted molar refractivity (Wildman–Crippen MR) is 103 cm³/mol. The summed E-state index contributed by atoms with van der Waals surface area (Å²) in [6, 6.07) is -1.04. The zero-order valence-corrected chi connectivity index (χ0v) is 17.6. The number of aromatic nitrogens is 4. The van der Waals surface area contributed by atoms with Crippen LogP contribution < -0.4 is 5.32 Å². The topological polar surface area (TPSA) is 141 Å². The van der Waals surface area contributed by atoms with Gasteiger partial charge in [-0.3, -0.25) is 14.5 Å². The number of fused-ring (bicyclic) bond motifs is 1. The third-order valence-corrected chi connectivity index (χ3v) is 7.45. The van der Waals surface area contributed by atoms with Crippen molar-refractivity contribution in [2.45, 2.75) is 34.0 Å². The normalized spacial score (nSPS) is 22.4. The van der Waals surface area contributed by atoms with Crippen LogP contribution in [0.1, 0.15) is 6.92 Å². The number of aliphatic carboxylic acids is 1. The van der Waals surface area contributed by atoms with E-state index in [0.717, 1.165) is 4.90 Å². The molecule has 2 unspecified atom stereocenters. The Kier molecular flexibility index (Phi) is 6.86. The summed E-state index contributed by atoms with van der Waals surface area (Å²) in [5.74, 6) is -3.28. The van der Waals surface area contributed by atoms with Crippen molar-refractivity contribution in [3.05, 3.63) is 11.3 Å². The van der Waals surface area contributed by atoms with Gasteiger partial charge in [0.05, 0.1) is 5.75 Å². The second-order valence-electron chi connectivity index (χ2n) is 6.15. The Labute approximate surface area is 180 Å². The number of halogens is 3. The van der Waals surface area contributed by atoms with Crippen LogP contribution in [0.15, 0.2) is 16.4 Å². The largest absolute Gasteiger partial charge is 0.477 e. The lowest BCUT2D eigenvalue weighted by molar-refractivity contribution is -0.150. The van der Waals surface area contributed by atoms with E-state index in [1.807, 2.05) is 0 Å². The number of aromatic amines is 1. The van der Waals surface area contributed by atoms with Crippen molar-refractivity contribution in [1.29, 1.82) is 0 Å². The summed E-state index contributed by atoms with van der Waals surface area (Å²) >= 11 is 2.24. The van der Waals surface area contributed by atoms with Gasteiger partial charge in [0.25, 0.3) is 5.91 Å². The summed E-state index contributed by atoms with van der Waals surface area (Å²) in [7, 11) is 0. The molecule has 30 heavy (non-hydrogen) atoms. The highest BCUT2D eigenvalue weighted by Crippen LogP contribution is 2.43. The molecule has 1 aromatic rings. The van der Waals surface area contributed by atoms with E-state index in [1.165, 1.54) is 23.5 Å². The molecule has 3 atom stereocenters. The fraction of sp³-hybridized carbons (Fsp3) is 0.571. The smallest absolute Gasteiger partial charge is 0.352 e. The first kappa shape index (κ1) is 22.7. The van der Waals surface area contributed by atoms with Crippen LogP contribution in [-0.4, -0.2) is 88.5 Å². The summed E-state index contributed by atoms with van der Waals surface area (Å²) in [6.07, 6.45) is 0.